The molecule has 1 saturated carbocycles. The number of sulfone groups is 1. The number of carbonyl (C=O) groups is 1. The summed E-state index contributed by atoms with van der Waals surface area (Å²) in [7, 11) is -1.92. The lowest BCUT2D eigenvalue weighted by Gasteiger charge is -2.11. The van der Waals surface area contributed by atoms with Gasteiger partial charge in [-0.2, -0.15) is 0 Å². The van der Waals surface area contributed by atoms with Gasteiger partial charge in [0.05, 0.1) is 23.0 Å². The van der Waals surface area contributed by atoms with Gasteiger partial charge in [0, 0.05) is 19.3 Å². The van der Waals surface area contributed by atoms with Crippen LogP contribution in [0, 0.1) is 0 Å². The van der Waals surface area contributed by atoms with Crippen molar-refractivity contribution in [2.24, 2.45) is 5.16 Å². The van der Waals surface area contributed by atoms with E-state index in [0.29, 0.717) is 18.6 Å². The second-order valence-corrected chi connectivity index (χ2v) is 10.5. The van der Waals surface area contributed by atoms with Gasteiger partial charge in [-0.15, -0.1) is 11.8 Å². The molecule has 1 aliphatic rings. The van der Waals surface area contributed by atoms with Gasteiger partial charge in [0.25, 0.3) is 5.91 Å². The normalized spacial score (nSPS) is 14.9. The molecule has 3 rings (SSSR count). The third kappa shape index (κ3) is 7.24. The molecule has 1 N–H and O–H groups in total. The Balaban J connectivity index is 1.80. The predicted octanol–water partition coefficient (Wildman–Crippen LogP) is 3.31. The molecule has 9 nitrogen and oxygen atoms in total. The fraction of sp³-hybridized carbons (Fsp3) is 0.455. The molecule has 0 atom stereocenters. The zero-order valence-corrected chi connectivity index (χ0v) is 20.3. The van der Waals surface area contributed by atoms with Crippen molar-refractivity contribution in [2.75, 3.05) is 31.0 Å². The molecule has 33 heavy (non-hydrogen) atoms. The van der Waals surface area contributed by atoms with Gasteiger partial charge in [-0.05, 0) is 50.5 Å². The number of amides is 1. The first-order valence-electron chi connectivity index (χ1n) is 10.7. The van der Waals surface area contributed by atoms with Crippen LogP contribution in [-0.2, 0) is 24.2 Å². The van der Waals surface area contributed by atoms with E-state index in [4.69, 9.17) is 9.57 Å². The number of hydrogen-bond donors (Lipinski definition) is 1. The second-order valence-electron chi connectivity index (χ2n) is 7.54. The summed E-state index contributed by atoms with van der Waals surface area (Å²) in [6.45, 7) is 0.369. The van der Waals surface area contributed by atoms with Crippen LogP contribution < -0.4 is 5.32 Å². The summed E-state index contributed by atoms with van der Waals surface area (Å²) in [6.07, 6.45) is 9.19. The lowest BCUT2D eigenvalue weighted by molar-refractivity contribution is -0.110. The summed E-state index contributed by atoms with van der Waals surface area (Å²) in [5.74, 6) is -0.254. The second kappa shape index (κ2) is 12.1. The summed E-state index contributed by atoms with van der Waals surface area (Å²) < 4.78 is 29.9. The number of oxime groups is 1. The minimum absolute atomic E-state index is 0.0167. The number of nitrogens with zero attached hydrogens (tertiary/aromatic N) is 3. The smallest absolute Gasteiger partial charge is 0.279 e. The molecular formula is C22H28N4O5S2. The molecule has 1 aliphatic carbocycles. The van der Waals surface area contributed by atoms with E-state index >= 15 is 0 Å². The zero-order valence-electron chi connectivity index (χ0n) is 18.7. The Hall–Kier alpha value is -2.50. The first-order chi connectivity index (χ1) is 15.9. The molecule has 0 radical (unpaired) electrons. The number of aromatic nitrogens is 2. The molecule has 2 aromatic rings. The fourth-order valence-corrected chi connectivity index (χ4v) is 4.94. The molecule has 0 saturated heterocycles. The SMILES string of the molecule is COCCCS(=O)(=O)c1ccc(C(=NOC2CCCC2)C(=O)Nc2cnc(SC)cn2)cc1. The number of thioether (sulfide) groups is 1. The highest BCUT2D eigenvalue weighted by atomic mass is 32.2. The number of benzene rings is 1. The molecule has 1 aromatic carbocycles. The summed E-state index contributed by atoms with van der Waals surface area (Å²) in [4.78, 5) is 27.2. The van der Waals surface area contributed by atoms with Crippen LogP contribution in [0.2, 0.25) is 0 Å². The topological polar surface area (TPSA) is 120 Å². The Kier molecular flexibility index (Phi) is 9.21. The Morgan fingerprint density at radius 2 is 1.91 bits per heavy atom. The molecule has 1 fully saturated rings. The first-order valence-corrected chi connectivity index (χ1v) is 13.5. The van der Waals surface area contributed by atoms with Gasteiger partial charge in [-0.1, -0.05) is 17.3 Å². The molecule has 0 unspecified atom stereocenters. The van der Waals surface area contributed by atoms with Gasteiger partial charge < -0.3 is 14.9 Å². The summed E-state index contributed by atoms with van der Waals surface area (Å²) in [5, 5.41) is 7.56. The van der Waals surface area contributed by atoms with E-state index in [0.717, 1.165) is 30.7 Å². The predicted molar refractivity (Wildman–Crippen MR) is 127 cm³/mol. The van der Waals surface area contributed by atoms with E-state index in [1.165, 1.54) is 37.2 Å². The van der Waals surface area contributed by atoms with Crippen molar-refractivity contribution in [3.8, 4) is 0 Å². The third-order valence-corrected chi connectivity index (χ3v) is 7.58. The average Bonchev–Trinajstić information content (AvgIpc) is 3.34. The maximum absolute atomic E-state index is 13.0. The number of nitrogens with one attached hydrogen (secondary N) is 1. The van der Waals surface area contributed by atoms with Gasteiger partial charge in [-0.3, -0.25) is 4.79 Å². The Morgan fingerprint density at radius 3 is 2.52 bits per heavy atom. The minimum Gasteiger partial charge on any atom is -0.392 e. The van der Waals surface area contributed by atoms with E-state index in [1.807, 2.05) is 6.26 Å². The first kappa shape index (κ1) is 25.1. The summed E-state index contributed by atoms with van der Waals surface area (Å²) >= 11 is 1.44. The standard InChI is InChI=1S/C22H28N4O5S2/c1-30-12-5-13-33(28,29)18-10-8-16(9-11-18)21(26-31-17-6-3-4-7-17)22(27)25-19-14-24-20(32-2)15-23-19/h8-11,14-15,17H,3-7,12-13H2,1-2H3,(H,23,25,27). The fourth-order valence-electron chi connectivity index (χ4n) is 3.34. The van der Waals surface area contributed by atoms with Gasteiger partial charge in [0.2, 0.25) is 0 Å². The highest BCUT2D eigenvalue weighted by Gasteiger charge is 2.21. The van der Waals surface area contributed by atoms with Crippen LogP contribution in [0.3, 0.4) is 0 Å². The van der Waals surface area contributed by atoms with E-state index < -0.39 is 15.7 Å². The largest absolute Gasteiger partial charge is 0.392 e. The van der Waals surface area contributed by atoms with Crippen LogP contribution in [0.15, 0.2) is 51.7 Å². The Bertz CT molecular complexity index is 1050. The molecule has 1 heterocycles. The van der Waals surface area contributed by atoms with Gasteiger partial charge in [0.15, 0.2) is 21.4 Å². The van der Waals surface area contributed by atoms with E-state index in [9.17, 15) is 13.2 Å². The molecule has 1 aromatic heterocycles. The van der Waals surface area contributed by atoms with Crippen LogP contribution in [0.1, 0.15) is 37.7 Å². The monoisotopic (exact) mass is 492 g/mol. The van der Waals surface area contributed by atoms with Gasteiger partial charge in [-0.25, -0.2) is 18.4 Å². The van der Waals surface area contributed by atoms with E-state index in [2.05, 4.69) is 20.4 Å². The van der Waals surface area contributed by atoms with Crippen molar-refractivity contribution >= 4 is 39.0 Å². The lowest BCUT2D eigenvalue weighted by Crippen LogP contribution is -2.25. The van der Waals surface area contributed by atoms with Crippen LogP contribution in [-0.4, -0.2) is 61.8 Å². The highest BCUT2D eigenvalue weighted by molar-refractivity contribution is 7.98. The molecule has 11 heteroatoms. The summed E-state index contributed by atoms with van der Waals surface area (Å²) in [5.41, 5.74) is 0.482. The number of carbonyl (C=O) groups excluding carboxylic acids is 1. The number of methoxy groups -OCH3 is 1. The number of hydrogen-bond acceptors (Lipinski definition) is 9. The maximum atomic E-state index is 13.0. The average molecular weight is 493 g/mol. The molecule has 0 bridgehead atoms. The summed E-state index contributed by atoms with van der Waals surface area (Å²) in [6, 6.07) is 6.07. The molecule has 0 aliphatic heterocycles. The van der Waals surface area contributed by atoms with Crippen molar-refractivity contribution in [1.29, 1.82) is 0 Å². The van der Waals surface area contributed by atoms with Crippen molar-refractivity contribution in [1.82, 2.24) is 9.97 Å². The zero-order chi connectivity index (χ0) is 23.7. The number of ether oxygens (including phenoxy) is 1. The van der Waals surface area contributed by atoms with Crippen LogP contribution in [0.25, 0.3) is 0 Å². The lowest BCUT2D eigenvalue weighted by atomic mass is 10.1. The number of rotatable bonds is 11. The van der Waals surface area contributed by atoms with Crippen molar-refractivity contribution in [3.05, 3.63) is 42.2 Å². The van der Waals surface area contributed by atoms with Crippen LogP contribution >= 0.6 is 11.8 Å². The molecule has 0 spiro atoms. The Morgan fingerprint density at radius 1 is 1.18 bits per heavy atom. The highest BCUT2D eigenvalue weighted by Crippen LogP contribution is 2.22. The third-order valence-electron chi connectivity index (χ3n) is 5.14. The molecule has 178 valence electrons. The van der Waals surface area contributed by atoms with Crippen molar-refractivity contribution < 1.29 is 22.8 Å². The van der Waals surface area contributed by atoms with Crippen molar-refractivity contribution in [2.45, 2.75) is 48.1 Å². The van der Waals surface area contributed by atoms with Gasteiger partial charge in [0.1, 0.15) is 11.1 Å². The molecular weight excluding hydrogens is 464 g/mol. The van der Waals surface area contributed by atoms with Gasteiger partial charge >= 0.3 is 0 Å². The van der Waals surface area contributed by atoms with Crippen LogP contribution in [0.4, 0.5) is 5.82 Å². The molecule has 1 amide bonds. The maximum Gasteiger partial charge on any atom is 0.279 e. The quantitative estimate of drug-likeness (QED) is 0.220. The number of anilines is 1. The van der Waals surface area contributed by atoms with E-state index in [-0.39, 0.29) is 28.3 Å². The minimum atomic E-state index is -3.45. The van der Waals surface area contributed by atoms with E-state index in [1.54, 1.807) is 18.3 Å². The van der Waals surface area contributed by atoms with Crippen molar-refractivity contribution in [3.63, 3.8) is 0 Å². The Labute approximate surface area is 198 Å². The van der Waals surface area contributed by atoms with Crippen LogP contribution in [0.5, 0.6) is 0 Å².